The third-order valence-electron chi connectivity index (χ3n) is 5.20. The van der Waals surface area contributed by atoms with Crippen LogP contribution in [0.25, 0.3) is 0 Å². The number of likely N-dealkylation sites (N-methyl/N-ethyl adjacent to an activating group) is 1. The van der Waals surface area contributed by atoms with Crippen LogP contribution in [-0.2, 0) is 11.8 Å². The standard InChI is InChI=1S/C18H21NO3/c1-19-8-7-18-11-4-5-13(20)17(18)22-16-14(21-2)6-3-10(15(16)18)9-12(11)19/h3-6,11-13,17,20H,7-9H2,1-2H3/t11-,12+,13?,17?,18-/m0/s1/i1D3,2D3,3D,6D,9D2,11D. The minimum absolute atomic E-state index is 0.0117. The fourth-order valence-corrected chi connectivity index (χ4v) is 4.31. The largest absolute Gasteiger partial charge is 0.493 e. The zero-order chi connectivity index (χ0) is 24.5. The van der Waals surface area contributed by atoms with Gasteiger partial charge in [-0.15, -0.1) is 0 Å². The van der Waals surface area contributed by atoms with Gasteiger partial charge in [0.15, 0.2) is 11.5 Å². The highest BCUT2D eigenvalue weighted by molar-refractivity contribution is 5.62. The molecule has 22 heavy (non-hydrogen) atoms. The first-order chi connectivity index (χ1) is 15.0. The fourth-order valence-electron chi connectivity index (χ4n) is 4.31. The second-order valence-corrected chi connectivity index (χ2v) is 6.07. The van der Waals surface area contributed by atoms with Crippen LogP contribution in [0.3, 0.4) is 0 Å². The quantitative estimate of drug-likeness (QED) is 0.798. The first kappa shape index (κ1) is 6.17. The predicted molar refractivity (Wildman–Crippen MR) is 82.5 cm³/mol. The van der Waals surface area contributed by atoms with Crippen molar-refractivity contribution in [2.75, 3.05) is 20.6 Å². The minimum Gasteiger partial charge on any atom is -0.493 e. The number of rotatable bonds is 1. The lowest BCUT2D eigenvalue weighted by atomic mass is 9.53. The van der Waals surface area contributed by atoms with E-state index in [9.17, 15) is 6.48 Å². The van der Waals surface area contributed by atoms with E-state index in [0.717, 1.165) is 4.90 Å². The maximum atomic E-state index is 10.8. The van der Waals surface area contributed by atoms with E-state index >= 15 is 0 Å². The van der Waals surface area contributed by atoms with Gasteiger partial charge in [-0.2, -0.15) is 0 Å². The van der Waals surface area contributed by atoms with Gasteiger partial charge in [0.25, 0.3) is 0 Å². The molecule has 2 unspecified atom stereocenters. The molecular weight excluding hydrogens is 278 g/mol. The predicted octanol–water partition coefficient (Wildman–Crippen LogP) is 1.50. The minimum atomic E-state index is -3.00. The van der Waals surface area contributed by atoms with Gasteiger partial charge in [0.05, 0.1) is 13.9 Å². The molecule has 1 N–H and O–H groups in total. The van der Waals surface area contributed by atoms with E-state index in [1.54, 1.807) is 0 Å². The third-order valence-corrected chi connectivity index (χ3v) is 5.20. The topological polar surface area (TPSA) is 41.9 Å². The zero-order valence-electron chi connectivity index (χ0n) is 22.5. The summed E-state index contributed by atoms with van der Waals surface area (Å²) >= 11 is 0. The van der Waals surface area contributed by atoms with Crippen LogP contribution >= 0.6 is 0 Å². The molecule has 5 rings (SSSR count). The molecule has 4 heteroatoms. The number of ether oxygens (including phenoxy) is 2. The molecule has 2 bridgehead atoms. The zero-order valence-corrected chi connectivity index (χ0v) is 11.5. The Hall–Kier alpha value is -1.52. The monoisotopic (exact) mass is 310 g/mol. The molecule has 4 aliphatic rings. The SMILES string of the molecule is [2H]c1c([2H])c2c3c(c1OC([2H])([2H])[2H])OC1C(O)C=C[C@@]4([2H])[C@H](N(C([2H])([2H])[2H])CC[C@]314)C2([2H])[2H]. The Balaban J connectivity index is 1.91. The summed E-state index contributed by atoms with van der Waals surface area (Å²) in [6, 6.07) is -2.97. The summed E-state index contributed by atoms with van der Waals surface area (Å²) in [5.74, 6) is -2.79. The van der Waals surface area contributed by atoms with E-state index in [-0.39, 0.29) is 29.8 Å². The average molecular weight is 310 g/mol. The normalized spacial score (nSPS) is 55.1. The molecule has 4 nitrogen and oxygen atoms in total. The lowest BCUT2D eigenvalue weighted by Gasteiger charge is -2.56. The number of aliphatic hydroxyl groups excluding tert-OH is 1. The Morgan fingerprint density at radius 2 is 2.55 bits per heavy atom. The van der Waals surface area contributed by atoms with Crippen LogP contribution in [0.4, 0.5) is 0 Å². The summed E-state index contributed by atoms with van der Waals surface area (Å²) in [5.41, 5.74) is -1.79. The first-order valence-electron chi connectivity index (χ1n) is 12.7. The van der Waals surface area contributed by atoms with Gasteiger partial charge in [-0.05, 0) is 37.9 Å². The summed E-state index contributed by atoms with van der Waals surface area (Å²) in [6.07, 6.45) is -2.52. The second-order valence-electron chi connectivity index (χ2n) is 6.07. The van der Waals surface area contributed by atoms with Gasteiger partial charge in [0, 0.05) is 31.1 Å². The van der Waals surface area contributed by atoms with Crippen molar-refractivity contribution in [3.8, 4) is 11.5 Å². The fraction of sp³-hybridized carbons (Fsp3) is 0.556. The molecule has 1 aromatic carbocycles. The summed E-state index contributed by atoms with van der Waals surface area (Å²) in [6.45, 7) is -2.89. The van der Waals surface area contributed by atoms with Crippen LogP contribution in [0.5, 0.6) is 11.5 Å². The lowest BCUT2D eigenvalue weighted by molar-refractivity contribution is -0.0453. The molecule has 1 aromatic rings. The van der Waals surface area contributed by atoms with Gasteiger partial charge >= 0.3 is 0 Å². The number of benzene rings is 1. The Morgan fingerprint density at radius 1 is 1.59 bits per heavy atom. The molecule has 5 atom stereocenters. The molecule has 1 saturated heterocycles. The highest BCUT2D eigenvalue weighted by Gasteiger charge is 2.64. The van der Waals surface area contributed by atoms with Gasteiger partial charge in [-0.25, -0.2) is 0 Å². The Bertz CT molecular complexity index is 1080. The number of hydrogen-bond acceptors (Lipinski definition) is 4. The molecule has 0 amide bonds. The number of aliphatic hydroxyl groups is 1. The molecule has 0 saturated carbocycles. The lowest BCUT2D eigenvalue weighted by Crippen LogP contribution is -2.64. The van der Waals surface area contributed by atoms with Crippen molar-refractivity contribution < 1.29 is 29.7 Å². The molecule has 116 valence electrons. The number of methoxy groups -OCH3 is 1. The van der Waals surface area contributed by atoms with Crippen LogP contribution in [0.1, 0.15) is 32.6 Å². The summed E-state index contributed by atoms with van der Waals surface area (Å²) in [5, 5.41) is 10.8. The molecular formula is C18H21NO3. The third kappa shape index (κ3) is 1.28. The molecule has 0 radical (unpaired) electrons. The summed E-state index contributed by atoms with van der Waals surface area (Å²) in [7, 11) is -3.00. The maximum absolute atomic E-state index is 10.8. The second kappa shape index (κ2) is 4.06. The van der Waals surface area contributed by atoms with Crippen LogP contribution in [0.15, 0.2) is 24.2 Å². The van der Waals surface area contributed by atoms with E-state index < -0.39 is 67.8 Å². The van der Waals surface area contributed by atoms with Crippen LogP contribution in [0.2, 0.25) is 0 Å². The Kier molecular flexibility index (Phi) is 1.14. The van der Waals surface area contributed by atoms with E-state index in [1.807, 2.05) is 0 Å². The van der Waals surface area contributed by atoms with E-state index in [2.05, 4.69) is 0 Å². The van der Waals surface area contributed by atoms with Crippen molar-refractivity contribution in [2.45, 2.75) is 36.5 Å². The van der Waals surface area contributed by atoms with Gasteiger partial charge in [0.1, 0.15) is 12.2 Å². The van der Waals surface area contributed by atoms with Crippen molar-refractivity contribution in [3.05, 3.63) is 35.4 Å². The molecule has 1 fully saturated rings. The number of nitrogens with zero attached hydrogens (tertiary/aromatic N) is 1. The Morgan fingerprint density at radius 3 is 3.41 bits per heavy atom. The van der Waals surface area contributed by atoms with Crippen molar-refractivity contribution in [1.29, 1.82) is 0 Å². The van der Waals surface area contributed by atoms with Crippen LogP contribution in [0, 0.1) is 5.89 Å². The van der Waals surface area contributed by atoms with E-state index in [1.165, 1.54) is 12.2 Å². The van der Waals surface area contributed by atoms with Gasteiger partial charge in [-0.3, -0.25) is 0 Å². The highest BCUT2D eigenvalue weighted by atomic mass is 16.5. The van der Waals surface area contributed by atoms with Crippen molar-refractivity contribution in [2.24, 2.45) is 5.89 Å². The van der Waals surface area contributed by atoms with E-state index in [4.69, 9.17) is 23.2 Å². The van der Waals surface area contributed by atoms with Crippen LogP contribution < -0.4 is 9.47 Å². The van der Waals surface area contributed by atoms with Gasteiger partial charge < -0.3 is 19.5 Å². The molecule has 2 aliphatic heterocycles. The van der Waals surface area contributed by atoms with Crippen molar-refractivity contribution in [3.63, 3.8) is 0 Å². The maximum Gasteiger partial charge on any atom is 0.165 e. The van der Waals surface area contributed by atoms with Crippen molar-refractivity contribution in [1.82, 2.24) is 4.90 Å². The first-order valence-corrected chi connectivity index (χ1v) is 7.16. The Labute approximate surface area is 145 Å². The smallest absolute Gasteiger partial charge is 0.165 e. The van der Waals surface area contributed by atoms with Crippen molar-refractivity contribution >= 4 is 0 Å². The van der Waals surface area contributed by atoms with E-state index in [0.29, 0.717) is 0 Å². The highest BCUT2D eigenvalue weighted by Crippen LogP contribution is 2.62. The summed E-state index contributed by atoms with van der Waals surface area (Å²) < 4.78 is 102. The number of piperidine rings is 1. The number of hydrogen-bond donors (Lipinski definition) is 1. The molecule has 2 heterocycles. The number of likely N-dealkylation sites (tertiary alicyclic amines) is 1. The summed E-state index contributed by atoms with van der Waals surface area (Å²) in [4.78, 5) is 0.932. The van der Waals surface area contributed by atoms with Gasteiger partial charge in [-0.1, -0.05) is 18.2 Å². The van der Waals surface area contributed by atoms with Crippen LogP contribution in [-0.4, -0.2) is 48.8 Å². The van der Waals surface area contributed by atoms with Gasteiger partial charge in [0.2, 0.25) is 0 Å². The molecule has 0 aromatic heterocycles. The molecule has 1 spiro atoms. The average Bonchev–Trinajstić information content (AvgIpc) is 2.99. The molecule has 2 aliphatic carbocycles.